The maximum absolute atomic E-state index is 14.9. The largest absolute Gasteiger partial charge is 0.391 e. The van der Waals surface area contributed by atoms with Gasteiger partial charge in [0.15, 0.2) is 0 Å². The molecule has 1 amide bonds. The van der Waals surface area contributed by atoms with Gasteiger partial charge in [0.2, 0.25) is 0 Å². The number of imidazole rings is 1. The van der Waals surface area contributed by atoms with Crippen LogP contribution in [0.5, 0.6) is 0 Å². The number of nitrogens with zero attached hydrogens (tertiary/aromatic N) is 3. The minimum absolute atomic E-state index is 0.0131. The zero-order valence-electron chi connectivity index (χ0n) is 22.6. The number of hydrogen-bond donors (Lipinski definition) is 3. The zero-order chi connectivity index (χ0) is 28.3. The predicted octanol–water partition coefficient (Wildman–Crippen LogP) is 3.13. The summed E-state index contributed by atoms with van der Waals surface area (Å²) in [6.45, 7) is 6.33. The summed E-state index contributed by atoms with van der Waals surface area (Å²) in [5, 5.41) is 24.1. The SMILES string of the molecule is COC(C)(C)C(c1nc(-c2cc(F)ccc2F)cn1Cc1ccccc1)N(CC1CNCC1O)C(=O)C(C)O. The molecule has 4 rings (SSSR count). The fourth-order valence-corrected chi connectivity index (χ4v) is 5.04. The summed E-state index contributed by atoms with van der Waals surface area (Å²) in [6.07, 6.45) is -0.374. The third-order valence-corrected chi connectivity index (χ3v) is 7.32. The molecular formula is C29H36F2N4O4. The first-order chi connectivity index (χ1) is 18.5. The second-order valence-electron chi connectivity index (χ2n) is 10.6. The van der Waals surface area contributed by atoms with Crippen LogP contribution < -0.4 is 5.32 Å². The first kappa shape index (κ1) is 28.8. The number of aliphatic hydroxyl groups excluding tert-OH is 2. The van der Waals surface area contributed by atoms with Gasteiger partial charge in [0.05, 0.1) is 17.4 Å². The van der Waals surface area contributed by atoms with Crippen LogP contribution in [0.2, 0.25) is 0 Å². The van der Waals surface area contributed by atoms with Crippen LogP contribution in [0.25, 0.3) is 11.3 Å². The van der Waals surface area contributed by atoms with Gasteiger partial charge < -0.3 is 29.7 Å². The average Bonchev–Trinajstić information content (AvgIpc) is 3.50. The van der Waals surface area contributed by atoms with Crippen molar-refractivity contribution in [3.8, 4) is 11.3 Å². The molecule has 4 atom stereocenters. The summed E-state index contributed by atoms with van der Waals surface area (Å²) in [5.74, 6) is -1.71. The molecule has 0 spiro atoms. The van der Waals surface area contributed by atoms with Gasteiger partial charge >= 0.3 is 0 Å². The third-order valence-electron chi connectivity index (χ3n) is 7.32. The Balaban J connectivity index is 1.91. The van der Waals surface area contributed by atoms with Crippen LogP contribution in [0.4, 0.5) is 8.78 Å². The van der Waals surface area contributed by atoms with Crippen LogP contribution in [0.15, 0.2) is 54.7 Å². The number of halogens is 2. The Hall–Kier alpha value is -3.18. The van der Waals surface area contributed by atoms with E-state index in [1.165, 1.54) is 18.9 Å². The molecule has 0 aliphatic carbocycles. The Kier molecular flexibility index (Phi) is 8.80. The number of benzene rings is 2. The number of methoxy groups -OCH3 is 1. The fraction of sp³-hybridized carbons (Fsp3) is 0.448. The van der Waals surface area contributed by atoms with Gasteiger partial charge in [-0.3, -0.25) is 4.79 Å². The molecule has 0 bridgehead atoms. The lowest BCUT2D eigenvalue weighted by Crippen LogP contribution is -2.52. The molecule has 8 nitrogen and oxygen atoms in total. The summed E-state index contributed by atoms with van der Waals surface area (Å²) in [6, 6.07) is 11.9. The summed E-state index contributed by atoms with van der Waals surface area (Å²) in [7, 11) is 1.52. The number of β-amino-alcohol motifs (C(OH)–C–C–N with tert-alkyl or cyclic N) is 1. The van der Waals surface area contributed by atoms with Crippen LogP contribution in [-0.4, -0.2) is 75.1 Å². The molecule has 2 aromatic carbocycles. The molecule has 4 unspecified atom stereocenters. The molecule has 2 heterocycles. The van der Waals surface area contributed by atoms with Crippen molar-refractivity contribution in [3.63, 3.8) is 0 Å². The number of carbonyl (C=O) groups is 1. The highest BCUT2D eigenvalue weighted by Crippen LogP contribution is 2.37. The van der Waals surface area contributed by atoms with Crippen molar-refractivity contribution in [1.29, 1.82) is 0 Å². The van der Waals surface area contributed by atoms with Gasteiger partial charge in [0, 0.05) is 51.0 Å². The first-order valence-electron chi connectivity index (χ1n) is 13.0. The number of amides is 1. The molecule has 3 aromatic rings. The standard InChI is InChI=1S/C29H36F2N4O4/c1-18(36)28(38)35(16-20-13-32-14-25(20)37)26(29(2,3)39-4)27-33-24(22-12-21(30)10-11-23(22)31)17-34(27)15-19-8-6-5-7-9-19/h5-12,17-18,20,25-26,32,36-37H,13-16H2,1-4H3. The van der Waals surface area contributed by atoms with E-state index in [2.05, 4.69) is 5.32 Å². The zero-order valence-corrected chi connectivity index (χ0v) is 22.6. The van der Waals surface area contributed by atoms with Gasteiger partial charge in [-0.1, -0.05) is 30.3 Å². The number of aliphatic hydroxyl groups is 2. The van der Waals surface area contributed by atoms with Gasteiger partial charge in [-0.05, 0) is 44.5 Å². The highest BCUT2D eigenvalue weighted by Gasteiger charge is 2.44. The van der Waals surface area contributed by atoms with Crippen molar-refractivity contribution in [2.75, 3.05) is 26.7 Å². The minimum Gasteiger partial charge on any atom is -0.391 e. The number of nitrogens with one attached hydrogen (secondary N) is 1. The molecule has 210 valence electrons. The molecule has 1 fully saturated rings. The van der Waals surface area contributed by atoms with Gasteiger partial charge in [-0.2, -0.15) is 0 Å². The second-order valence-corrected chi connectivity index (χ2v) is 10.6. The van der Waals surface area contributed by atoms with E-state index in [-0.39, 0.29) is 23.7 Å². The fourth-order valence-electron chi connectivity index (χ4n) is 5.04. The molecule has 39 heavy (non-hydrogen) atoms. The molecule has 3 N–H and O–H groups in total. The number of ether oxygens (including phenoxy) is 1. The van der Waals surface area contributed by atoms with Crippen molar-refractivity contribution in [2.24, 2.45) is 5.92 Å². The monoisotopic (exact) mass is 542 g/mol. The lowest BCUT2D eigenvalue weighted by atomic mass is 9.93. The van der Waals surface area contributed by atoms with E-state index in [1.54, 1.807) is 24.6 Å². The lowest BCUT2D eigenvalue weighted by Gasteiger charge is -2.42. The minimum atomic E-state index is -1.33. The second kappa shape index (κ2) is 11.9. The van der Waals surface area contributed by atoms with Crippen LogP contribution in [-0.2, 0) is 16.1 Å². The van der Waals surface area contributed by atoms with Gasteiger partial charge in [0.1, 0.15) is 29.6 Å². The molecule has 1 aromatic heterocycles. The van der Waals surface area contributed by atoms with E-state index >= 15 is 0 Å². The van der Waals surface area contributed by atoms with Crippen LogP contribution in [0, 0.1) is 17.6 Å². The van der Waals surface area contributed by atoms with E-state index in [4.69, 9.17) is 9.72 Å². The van der Waals surface area contributed by atoms with E-state index in [1.807, 2.05) is 30.3 Å². The molecule has 10 heteroatoms. The topological polar surface area (TPSA) is 99.9 Å². The van der Waals surface area contributed by atoms with Crippen molar-refractivity contribution in [3.05, 3.63) is 77.8 Å². The number of aromatic nitrogens is 2. The Bertz CT molecular complexity index is 1280. The molecule has 1 aliphatic heterocycles. The number of rotatable bonds is 10. The molecule has 0 radical (unpaired) electrons. The Labute approximate surface area is 227 Å². The maximum atomic E-state index is 14.9. The molecule has 0 saturated carbocycles. The number of hydrogen-bond acceptors (Lipinski definition) is 6. The van der Waals surface area contributed by atoms with Gasteiger partial charge in [-0.15, -0.1) is 0 Å². The molecule has 1 aliphatic rings. The van der Waals surface area contributed by atoms with Gasteiger partial charge in [0.25, 0.3) is 5.91 Å². The maximum Gasteiger partial charge on any atom is 0.251 e. The predicted molar refractivity (Wildman–Crippen MR) is 143 cm³/mol. The van der Waals surface area contributed by atoms with Crippen molar-refractivity contribution < 1.29 is 28.5 Å². The Morgan fingerprint density at radius 1 is 1.23 bits per heavy atom. The summed E-state index contributed by atoms with van der Waals surface area (Å²) < 4.78 is 36.7. The quantitative estimate of drug-likeness (QED) is 0.364. The summed E-state index contributed by atoms with van der Waals surface area (Å²) >= 11 is 0. The first-order valence-corrected chi connectivity index (χ1v) is 13.0. The Morgan fingerprint density at radius 2 is 1.95 bits per heavy atom. The van der Waals surface area contributed by atoms with E-state index in [9.17, 15) is 23.8 Å². The van der Waals surface area contributed by atoms with Crippen molar-refractivity contribution in [2.45, 2.75) is 51.2 Å². The van der Waals surface area contributed by atoms with Crippen LogP contribution >= 0.6 is 0 Å². The van der Waals surface area contributed by atoms with E-state index in [0.29, 0.717) is 25.5 Å². The lowest BCUT2D eigenvalue weighted by molar-refractivity contribution is -0.152. The molecular weight excluding hydrogens is 506 g/mol. The van der Waals surface area contributed by atoms with Crippen molar-refractivity contribution >= 4 is 5.91 Å². The van der Waals surface area contributed by atoms with Crippen LogP contribution in [0.1, 0.15) is 38.2 Å². The summed E-state index contributed by atoms with van der Waals surface area (Å²) in [5.41, 5.74) is 0.0851. The normalized spacial score (nSPS) is 19.2. The van der Waals surface area contributed by atoms with Crippen molar-refractivity contribution in [1.82, 2.24) is 19.8 Å². The highest BCUT2D eigenvalue weighted by atomic mass is 19.1. The van der Waals surface area contributed by atoms with Gasteiger partial charge in [-0.25, -0.2) is 13.8 Å². The Morgan fingerprint density at radius 3 is 2.56 bits per heavy atom. The average molecular weight is 543 g/mol. The molecule has 1 saturated heterocycles. The van der Waals surface area contributed by atoms with Crippen LogP contribution in [0.3, 0.4) is 0 Å². The summed E-state index contributed by atoms with van der Waals surface area (Å²) in [4.78, 5) is 19.8. The highest BCUT2D eigenvalue weighted by molar-refractivity contribution is 5.81. The van der Waals surface area contributed by atoms with E-state index < -0.39 is 41.4 Å². The van der Waals surface area contributed by atoms with E-state index in [0.717, 1.165) is 23.8 Å². The third kappa shape index (κ3) is 6.36. The smallest absolute Gasteiger partial charge is 0.251 e. The number of carbonyl (C=O) groups excluding carboxylic acids is 1.